The fraction of sp³-hybridized carbons (Fsp3) is 0.0714. The van der Waals surface area contributed by atoms with Crippen LogP contribution in [-0.2, 0) is 5.88 Å². The maximum atomic E-state index is 14.0. The van der Waals surface area contributed by atoms with Crippen molar-refractivity contribution in [3.63, 3.8) is 0 Å². The molecule has 0 radical (unpaired) electrons. The predicted octanol–water partition coefficient (Wildman–Crippen LogP) is 4.94. The van der Waals surface area contributed by atoms with Crippen LogP contribution in [0.25, 0.3) is 16.7 Å². The zero-order valence-corrected chi connectivity index (χ0v) is 12.7. The van der Waals surface area contributed by atoms with Gasteiger partial charge in [0.15, 0.2) is 0 Å². The van der Waals surface area contributed by atoms with Crippen molar-refractivity contribution in [1.29, 1.82) is 0 Å². The third-order valence-corrected chi connectivity index (χ3v) is 3.89. The Kier molecular flexibility index (Phi) is 3.67. The summed E-state index contributed by atoms with van der Waals surface area (Å²) in [6.45, 7) is 0. The number of benzene rings is 2. The first-order valence-corrected chi connectivity index (χ1v) is 7.22. The minimum Gasteiger partial charge on any atom is -0.290 e. The van der Waals surface area contributed by atoms with Crippen LogP contribution < -0.4 is 0 Å². The molecule has 1 heterocycles. The van der Waals surface area contributed by atoms with Gasteiger partial charge < -0.3 is 0 Å². The molecule has 0 aliphatic rings. The molecule has 3 rings (SSSR count). The monoisotopic (exact) mass is 374 g/mol. The number of rotatable bonds is 2. The van der Waals surface area contributed by atoms with Crippen molar-refractivity contribution in [3.05, 3.63) is 58.1 Å². The summed E-state index contributed by atoms with van der Waals surface area (Å²) in [4.78, 5) is 4.13. The van der Waals surface area contributed by atoms with Crippen molar-refractivity contribution in [2.75, 3.05) is 0 Å². The van der Waals surface area contributed by atoms with Gasteiger partial charge in [-0.25, -0.2) is 18.2 Å². The SMILES string of the molecule is Fc1cc2nc(CCl)n(-c3c(F)cccc3F)c2cc1Br. The van der Waals surface area contributed by atoms with Crippen LogP contribution in [0.2, 0.25) is 0 Å². The normalized spacial score (nSPS) is 11.3. The van der Waals surface area contributed by atoms with Gasteiger partial charge in [0.25, 0.3) is 0 Å². The van der Waals surface area contributed by atoms with Crippen LogP contribution in [0.4, 0.5) is 13.2 Å². The minimum absolute atomic E-state index is 0.0678. The molecular weight excluding hydrogens is 369 g/mol. The Balaban J connectivity index is 2.43. The molecule has 1 aromatic heterocycles. The minimum atomic E-state index is -0.749. The Morgan fingerprint density at radius 2 is 1.76 bits per heavy atom. The lowest BCUT2D eigenvalue weighted by molar-refractivity contribution is 0.569. The van der Waals surface area contributed by atoms with Gasteiger partial charge in [-0.3, -0.25) is 4.57 Å². The predicted molar refractivity (Wildman–Crippen MR) is 78.2 cm³/mol. The molecule has 0 saturated carbocycles. The van der Waals surface area contributed by atoms with Crippen molar-refractivity contribution >= 4 is 38.6 Å². The van der Waals surface area contributed by atoms with Crippen LogP contribution in [0.5, 0.6) is 0 Å². The highest BCUT2D eigenvalue weighted by Crippen LogP contribution is 2.29. The van der Waals surface area contributed by atoms with E-state index in [1.807, 2.05) is 0 Å². The molecular formula is C14H7BrClF3N2. The number of para-hydroxylation sites is 1. The third kappa shape index (κ3) is 2.32. The number of imidazole rings is 1. The lowest BCUT2D eigenvalue weighted by atomic mass is 10.2. The van der Waals surface area contributed by atoms with Crippen molar-refractivity contribution in [2.45, 2.75) is 5.88 Å². The third-order valence-electron chi connectivity index (χ3n) is 3.05. The standard InChI is InChI=1S/C14H7BrClF3N2/c15-7-4-12-11(5-10(7)19)20-13(6-16)21(12)14-8(17)2-1-3-9(14)18/h1-5H,6H2. The first-order chi connectivity index (χ1) is 10.0. The Labute approximate surface area is 131 Å². The molecule has 3 aromatic rings. The quantitative estimate of drug-likeness (QED) is 0.580. The van der Waals surface area contributed by atoms with Gasteiger partial charge in [-0.05, 0) is 34.1 Å². The van der Waals surface area contributed by atoms with Gasteiger partial charge in [0, 0.05) is 6.07 Å². The summed E-state index contributed by atoms with van der Waals surface area (Å²) in [5.41, 5.74) is 0.353. The number of aromatic nitrogens is 2. The van der Waals surface area contributed by atoms with Gasteiger partial charge in [-0.2, -0.15) is 0 Å². The van der Waals surface area contributed by atoms with Crippen molar-refractivity contribution in [1.82, 2.24) is 9.55 Å². The smallest absolute Gasteiger partial charge is 0.150 e. The van der Waals surface area contributed by atoms with E-state index >= 15 is 0 Å². The average molecular weight is 376 g/mol. The fourth-order valence-corrected chi connectivity index (χ4v) is 2.67. The second-order valence-electron chi connectivity index (χ2n) is 4.32. The average Bonchev–Trinajstić information content (AvgIpc) is 2.77. The molecule has 108 valence electrons. The van der Waals surface area contributed by atoms with Gasteiger partial charge in [0.2, 0.25) is 0 Å². The number of nitrogens with zero attached hydrogens (tertiary/aromatic N) is 2. The Morgan fingerprint density at radius 1 is 1.10 bits per heavy atom. The van der Waals surface area contributed by atoms with Crippen molar-refractivity contribution in [2.24, 2.45) is 0 Å². The van der Waals surface area contributed by atoms with Gasteiger partial charge in [-0.15, -0.1) is 11.6 Å². The van der Waals surface area contributed by atoms with Crippen LogP contribution in [0, 0.1) is 17.5 Å². The maximum Gasteiger partial charge on any atom is 0.150 e. The van der Waals surface area contributed by atoms with Crippen molar-refractivity contribution < 1.29 is 13.2 Å². The van der Waals surface area contributed by atoms with E-state index < -0.39 is 17.5 Å². The van der Waals surface area contributed by atoms with Crippen LogP contribution in [0.3, 0.4) is 0 Å². The van der Waals surface area contributed by atoms with E-state index in [4.69, 9.17) is 11.6 Å². The maximum absolute atomic E-state index is 14.0. The van der Waals surface area contributed by atoms with E-state index in [0.717, 1.165) is 12.1 Å². The summed E-state index contributed by atoms with van der Waals surface area (Å²) in [6, 6.07) is 6.15. The molecule has 0 bridgehead atoms. The number of hydrogen-bond donors (Lipinski definition) is 0. The number of hydrogen-bond acceptors (Lipinski definition) is 1. The highest BCUT2D eigenvalue weighted by molar-refractivity contribution is 9.10. The molecule has 7 heteroatoms. The van der Waals surface area contributed by atoms with E-state index in [1.54, 1.807) is 0 Å². The number of halogens is 5. The molecule has 0 fully saturated rings. The molecule has 2 aromatic carbocycles. The van der Waals surface area contributed by atoms with E-state index in [1.165, 1.54) is 22.8 Å². The number of fused-ring (bicyclic) bond motifs is 1. The van der Waals surface area contributed by atoms with Gasteiger partial charge in [-0.1, -0.05) is 6.07 Å². The van der Waals surface area contributed by atoms with Crippen LogP contribution in [-0.4, -0.2) is 9.55 Å². The molecule has 0 spiro atoms. The van der Waals surface area contributed by atoms with Crippen LogP contribution >= 0.6 is 27.5 Å². The van der Waals surface area contributed by atoms with E-state index in [-0.39, 0.29) is 27.4 Å². The summed E-state index contributed by atoms with van der Waals surface area (Å²) in [5, 5.41) is 0. The highest BCUT2D eigenvalue weighted by Gasteiger charge is 2.19. The van der Waals surface area contributed by atoms with E-state index in [2.05, 4.69) is 20.9 Å². The first kappa shape index (κ1) is 14.4. The van der Waals surface area contributed by atoms with E-state index in [9.17, 15) is 13.2 Å². The first-order valence-electron chi connectivity index (χ1n) is 5.89. The van der Waals surface area contributed by atoms with Gasteiger partial charge in [0.05, 0.1) is 21.4 Å². The van der Waals surface area contributed by atoms with Crippen LogP contribution in [0.1, 0.15) is 5.82 Å². The molecule has 2 nitrogen and oxygen atoms in total. The Hall–Kier alpha value is -1.53. The molecule has 0 unspecified atom stereocenters. The van der Waals surface area contributed by atoms with Crippen molar-refractivity contribution in [3.8, 4) is 5.69 Å². The summed E-state index contributed by atoms with van der Waals surface area (Å²) < 4.78 is 43.1. The number of alkyl halides is 1. The zero-order chi connectivity index (χ0) is 15.1. The topological polar surface area (TPSA) is 17.8 Å². The molecule has 0 aliphatic heterocycles. The summed E-state index contributed by atoms with van der Waals surface area (Å²) in [5.74, 6) is -1.85. The largest absolute Gasteiger partial charge is 0.290 e. The van der Waals surface area contributed by atoms with Gasteiger partial charge in [0.1, 0.15) is 29.0 Å². The fourth-order valence-electron chi connectivity index (χ4n) is 2.16. The van der Waals surface area contributed by atoms with E-state index in [0.29, 0.717) is 5.52 Å². The molecule has 0 atom stereocenters. The molecule has 0 saturated heterocycles. The lowest BCUT2D eigenvalue weighted by Gasteiger charge is -2.10. The molecule has 21 heavy (non-hydrogen) atoms. The molecule has 0 N–H and O–H groups in total. The van der Waals surface area contributed by atoms with Crippen LogP contribution in [0.15, 0.2) is 34.8 Å². The Morgan fingerprint density at radius 3 is 2.38 bits per heavy atom. The second-order valence-corrected chi connectivity index (χ2v) is 5.44. The second kappa shape index (κ2) is 5.35. The molecule has 0 amide bonds. The summed E-state index contributed by atoms with van der Waals surface area (Å²) in [7, 11) is 0. The Bertz CT molecular complexity index is 828. The van der Waals surface area contributed by atoms with Gasteiger partial charge >= 0.3 is 0 Å². The zero-order valence-electron chi connectivity index (χ0n) is 10.4. The molecule has 0 aliphatic carbocycles. The lowest BCUT2D eigenvalue weighted by Crippen LogP contribution is -2.05. The highest BCUT2D eigenvalue weighted by atomic mass is 79.9. The summed E-state index contributed by atoms with van der Waals surface area (Å²) >= 11 is 8.86. The summed E-state index contributed by atoms with van der Waals surface area (Å²) in [6.07, 6.45) is 0.